The number of hydrogen-bond acceptors (Lipinski definition) is 5. The van der Waals surface area contributed by atoms with Gasteiger partial charge in [0.05, 0.1) is 0 Å². The largest absolute Gasteiger partial charge is 0.474 e. The fraction of sp³-hybridized carbons (Fsp3) is 0.750. The van der Waals surface area contributed by atoms with Crippen LogP contribution in [0.4, 0.5) is 0 Å². The van der Waals surface area contributed by atoms with E-state index in [2.05, 4.69) is 20.9 Å². The average Bonchev–Trinajstić information content (AvgIpc) is 2.40. The van der Waals surface area contributed by atoms with Crippen molar-refractivity contribution in [1.82, 2.24) is 0 Å². The summed E-state index contributed by atoms with van der Waals surface area (Å²) in [4.78, 5) is 11.7. The number of Topliss-reactive ketones (excluding diaryl/α,β-unsaturated/α-hetero) is 1. The zero-order valence-electron chi connectivity index (χ0n) is 11.4. The first-order valence-electron chi connectivity index (χ1n) is 5.83. The van der Waals surface area contributed by atoms with Crippen LogP contribution in [-0.4, -0.2) is 26.6 Å². The van der Waals surface area contributed by atoms with Crippen molar-refractivity contribution in [3.63, 3.8) is 0 Å². The van der Waals surface area contributed by atoms with Gasteiger partial charge in [-0.15, -0.1) is 11.8 Å². The second kappa shape index (κ2) is 9.29. The second-order valence-corrected chi connectivity index (χ2v) is 5.64. The van der Waals surface area contributed by atoms with Crippen LogP contribution in [0.25, 0.3) is 0 Å². The molecule has 0 bridgehead atoms. The molecule has 0 fully saturated rings. The summed E-state index contributed by atoms with van der Waals surface area (Å²) in [6, 6.07) is 0. The van der Waals surface area contributed by atoms with Gasteiger partial charge in [-0.05, 0) is 6.42 Å². The van der Waals surface area contributed by atoms with Crippen molar-refractivity contribution in [2.75, 3.05) is 20.8 Å². The van der Waals surface area contributed by atoms with Crippen molar-refractivity contribution in [2.45, 2.75) is 33.1 Å². The van der Waals surface area contributed by atoms with Crippen molar-refractivity contribution < 1.29 is 22.9 Å². The third-order valence-electron chi connectivity index (χ3n) is 2.27. The highest BCUT2D eigenvalue weighted by atomic mass is 31.2. The minimum atomic E-state index is -3.57. The molecule has 0 aromatic carbocycles. The van der Waals surface area contributed by atoms with Gasteiger partial charge in [0.1, 0.15) is 6.61 Å². The molecule has 1 atom stereocenters. The normalized spacial score (nSPS) is 12.7. The summed E-state index contributed by atoms with van der Waals surface area (Å²) in [6.07, 6.45) is 2.32. The van der Waals surface area contributed by atoms with E-state index in [9.17, 15) is 9.36 Å². The summed E-state index contributed by atoms with van der Waals surface area (Å²) in [5.41, 5.74) is 0. The minimum absolute atomic E-state index is 0.171. The van der Waals surface area contributed by atoms with Crippen molar-refractivity contribution in [1.29, 1.82) is 0 Å². The maximum Gasteiger partial charge on any atom is 0.474 e. The van der Waals surface area contributed by atoms with E-state index in [0.29, 0.717) is 6.42 Å². The highest BCUT2D eigenvalue weighted by Gasteiger charge is 2.25. The quantitative estimate of drug-likeness (QED) is 0.504. The summed E-state index contributed by atoms with van der Waals surface area (Å²) in [6.45, 7) is 3.51. The smallest absolute Gasteiger partial charge is 0.297 e. The molecule has 0 aliphatic carbocycles. The van der Waals surface area contributed by atoms with E-state index in [1.807, 2.05) is 6.92 Å². The average molecular weight is 276 g/mol. The third kappa shape index (κ3) is 6.93. The predicted molar refractivity (Wildman–Crippen MR) is 69.0 cm³/mol. The third-order valence-corrected chi connectivity index (χ3v) is 3.61. The van der Waals surface area contributed by atoms with Crippen LogP contribution >= 0.6 is 7.82 Å². The Morgan fingerprint density at radius 2 is 1.89 bits per heavy atom. The zero-order chi connectivity index (χ0) is 14.0. The van der Waals surface area contributed by atoms with Gasteiger partial charge in [0.25, 0.3) is 0 Å². The lowest BCUT2D eigenvalue weighted by Crippen LogP contribution is -2.16. The topological polar surface area (TPSA) is 61.8 Å². The molecule has 0 radical (unpaired) electrons. The van der Waals surface area contributed by atoms with Crippen LogP contribution in [0.5, 0.6) is 0 Å². The van der Waals surface area contributed by atoms with Gasteiger partial charge in [0, 0.05) is 33.0 Å². The van der Waals surface area contributed by atoms with E-state index in [-0.39, 0.29) is 18.3 Å². The van der Waals surface area contributed by atoms with Gasteiger partial charge in [-0.3, -0.25) is 18.4 Å². The lowest BCUT2D eigenvalue weighted by molar-refractivity contribution is -0.124. The van der Waals surface area contributed by atoms with Crippen LogP contribution in [0, 0.1) is 17.8 Å². The summed E-state index contributed by atoms with van der Waals surface area (Å²) in [5, 5.41) is 0. The maximum absolute atomic E-state index is 11.7. The number of rotatable bonds is 8. The van der Waals surface area contributed by atoms with Gasteiger partial charge in [-0.25, -0.2) is 4.57 Å². The van der Waals surface area contributed by atoms with Crippen molar-refractivity contribution >= 4 is 13.6 Å². The van der Waals surface area contributed by atoms with Crippen molar-refractivity contribution in [3.8, 4) is 11.8 Å². The summed E-state index contributed by atoms with van der Waals surface area (Å²) in [5.74, 6) is 5.48. The van der Waals surface area contributed by atoms with Gasteiger partial charge in [-0.1, -0.05) is 13.8 Å². The molecule has 0 heterocycles. The Morgan fingerprint density at radius 1 is 1.28 bits per heavy atom. The van der Waals surface area contributed by atoms with Crippen molar-refractivity contribution in [3.05, 3.63) is 0 Å². The zero-order valence-corrected chi connectivity index (χ0v) is 12.3. The Hall–Kier alpha value is -0.660. The standard InChI is InChI=1S/C12H21O5P/c1-5-6-7-8-9-11(2)12(13)10-17-18(14,15-3)16-4/h11H,5-6,9-10H2,1-4H3. The molecule has 1 unspecified atom stereocenters. The Labute approximate surface area is 109 Å². The Balaban J connectivity index is 4.10. The fourth-order valence-electron chi connectivity index (χ4n) is 1.02. The lowest BCUT2D eigenvalue weighted by Gasteiger charge is -2.13. The van der Waals surface area contributed by atoms with Gasteiger partial charge >= 0.3 is 7.82 Å². The molecule has 0 aromatic heterocycles. The van der Waals surface area contributed by atoms with Crippen molar-refractivity contribution in [2.24, 2.45) is 5.92 Å². The summed E-state index contributed by atoms with van der Waals surface area (Å²) < 4.78 is 25.5. The second-order valence-electron chi connectivity index (χ2n) is 3.76. The number of phosphoric acid groups is 1. The molecule has 18 heavy (non-hydrogen) atoms. The van der Waals surface area contributed by atoms with E-state index in [1.165, 1.54) is 14.2 Å². The summed E-state index contributed by atoms with van der Waals surface area (Å²) >= 11 is 0. The highest BCUT2D eigenvalue weighted by molar-refractivity contribution is 7.48. The number of unbranched alkanes of at least 4 members (excludes halogenated alkanes) is 1. The number of carbonyl (C=O) groups excluding carboxylic acids is 1. The molecule has 6 heteroatoms. The molecule has 0 aliphatic rings. The van der Waals surface area contributed by atoms with Crippen LogP contribution in [0.3, 0.4) is 0 Å². The molecule has 0 saturated heterocycles. The molecule has 0 amide bonds. The van der Waals surface area contributed by atoms with Crippen LogP contribution < -0.4 is 0 Å². The molecule has 104 valence electrons. The van der Waals surface area contributed by atoms with Gasteiger partial charge < -0.3 is 0 Å². The molecule has 0 aliphatic heterocycles. The number of hydrogen-bond donors (Lipinski definition) is 0. The fourth-order valence-corrected chi connectivity index (χ4v) is 1.66. The molecule has 0 aromatic rings. The monoisotopic (exact) mass is 276 g/mol. The van der Waals surface area contributed by atoms with E-state index in [0.717, 1.165) is 12.8 Å². The van der Waals surface area contributed by atoms with Crippen LogP contribution in [0.2, 0.25) is 0 Å². The Kier molecular flexibility index (Phi) is 8.95. The van der Waals surface area contributed by atoms with Crippen LogP contribution in [-0.2, 0) is 22.9 Å². The van der Waals surface area contributed by atoms with Gasteiger partial charge in [0.2, 0.25) is 0 Å². The Morgan fingerprint density at radius 3 is 2.39 bits per heavy atom. The maximum atomic E-state index is 11.7. The van der Waals surface area contributed by atoms with E-state index >= 15 is 0 Å². The predicted octanol–water partition coefficient (Wildman–Crippen LogP) is 2.80. The van der Waals surface area contributed by atoms with Gasteiger partial charge in [-0.2, -0.15) is 0 Å². The molecule has 5 nitrogen and oxygen atoms in total. The van der Waals surface area contributed by atoms with Crippen LogP contribution in [0.15, 0.2) is 0 Å². The molecule has 0 saturated carbocycles. The molecule has 0 rings (SSSR count). The molecule has 0 spiro atoms. The van der Waals surface area contributed by atoms with E-state index in [4.69, 9.17) is 4.52 Å². The van der Waals surface area contributed by atoms with Gasteiger partial charge in [0.15, 0.2) is 5.78 Å². The molecular weight excluding hydrogens is 255 g/mol. The first kappa shape index (κ1) is 17.3. The molecular formula is C12H21O5P. The number of phosphoric ester groups is 1. The molecule has 0 N–H and O–H groups in total. The van der Waals surface area contributed by atoms with Crippen LogP contribution in [0.1, 0.15) is 33.1 Å². The SMILES string of the molecule is CCCC#CCC(C)C(=O)COP(=O)(OC)OC. The highest BCUT2D eigenvalue weighted by Crippen LogP contribution is 2.47. The first-order valence-corrected chi connectivity index (χ1v) is 7.29. The van der Waals surface area contributed by atoms with E-state index < -0.39 is 7.82 Å². The first-order chi connectivity index (χ1) is 8.49. The summed E-state index contributed by atoms with van der Waals surface area (Å²) in [7, 11) is -1.16. The number of ketones is 1. The minimum Gasteiger partial charge on any atom is -0.297 e. The number of carbonyl (C=O) groups is 1. The Bertz CT molecular complexity index is 347. The van der Waals surface area contributed by atoms with E-state index in [1.54, 1.807) is 6.92 Å². The lowest BCUT2D eigenvalue weighted by atomic mass is 10.0.